The maximum atomic E-state index is 6.28. The zero-order chi connectivity index (χ0) is 14.0. The minimum atomic E-state index is -0.327. The summed E-state index contributed by atoms with van der Waals surface area (Å²) in [5.74, 6) is 0.823. The van der Waals surface area contributed by atoms with E-state index in [4.69, 9.17) is 22.1 Å². The fourth-order valence-electron chi connectivity index (χ4n) is 2.06. The second-order valence-electron chi connectivity index (χ2n) is 4.51. The van der Waals surface area contributed by atoms with Crippen molar-refractivity contribution in [3.63, 3.8) is 0 Å². The van der Waals surface area contributed by atoms with Gasteiger partial charge in [-0.3, -0.25) is 4.98 Å². The van der Waals surface area contributed by atoms with Crippen LogP contribution in [0.3, 0.4) is 0 Å². The standard InChI is InChI=1S/C15H17ClN2O/c1-9-4-6-12(15(19-3)10(9)2)14(17)13-7-5-11(16)8-18-13/h4-8,14H,17H2,1-3H3. The summed E-state index contributed by atoms with van der Waals surface area (Å²) in [7, 11) is 1.66. The summed E-state index contributed by atoms with van der Waals surface area (Å²) in [5, 5.41) is 0.600. The van der Waals surface area contributed by atoms with Crippen molar-refractivity contribution in [2.45, 2.75) is 19.9 Å². The molecule has 1 aromatic carbocycles. The second kappa shape index (κ2) is 5.59. The number of nitrogens with zero attached hydrogens (tertiary/aromatic N) is 1. The van der Waals surface area contributed by atoms with Crippen molar-refractivity contribution in [3.05, 3.63) is 57.9 Å². The van der Waals surface area contributed by atoms with Crippen LogP contribution >= 0.6 is 11.6 Å². The highest BCUT2D eigenvalue weighted by Gasteiger charge is 2.17. The van der Waals surface area contributed by atoms with Gasteiger partial charge < -0.3 is 10.5 Å². The summed E-state index contributed by atoms with van der Waals surface area (Å²) in [4.78, 5) is 4.27. The number of hydrogen-bond donors (Lipinski definition) is 1. The van der Waals surface area contributed by atoms with Gasteiger partial charge in [0.1, 0.15) is 5.75 Å². The van der Waals surface area contributed by atoms with Crippen LogP contribution in [0.15, 0.2) is 30.5 Å². The first-order valence-corrected chi connectivity index (χ1v) is 6.43. The molecule has 0 aliphatic carbocycles. The fraction of sp³-hybridized carbons (Fsp3) is 0.267. The Morgan fingerprint density at radius 3 is 2.53 bits per heavy atom. The van der Waals surface area contributed by atoms with Crippen LogP contribution in [0.4, 0.5) is 0 Å². The lowest BCUT2D eigenvalue weighted by molar-refractivity contribution is 0.404. The van der Waals surface area contributed by atoms with Gasteiger partial charge in [-0.05, 0) is 37.1 Å². The van der Waals surface area contributed by atoms with Crippen LogP contribution in [0, 0.1) is 13.8 Å². The highest BCUT2D eigenvalue weighted by atomic mass is 35.5. The summed E-state index contributed by atoms with van der Waals surface area (Å²) in [5.41, 5.74) is 10.3. The van der Waals surface area contributed by atoms with Gasteiger partial charge in [-0.15, -0.1) is 0 Å². The van der Waals surface area contributed by atoms with E-state index in [1.54, 1.807) is 19.4 Å². The van der Waals surface area contributed by atoms with Gasteiger partial charge in [0.2, 0.25) is 0 Å². The first-order valence-electron chi connectivity index (χ1n) is 6.05. The van der Waals surface area contributed by atoms with Crippen molar-refractivity contribution in [2.24, 2.45) is 5.73 Å². The topological polar surface area (TPSA) is 48.1 Å². The Bertz CT molecular complexity index is 581. The molecule has 100 valence electrons. The third-order valence-electron chi connectivity index (χ3n) is 3.32. The SMILES string of the molecule is COc1c(C(N)c2ccc(Cl)cn2)ccc(C)c1C. The summed E-state index contributed by atoms with van der Waals surface area (Å²) in [6.45, 7) is 4.08. The average Bonchev–Trinajstić information content (AvgIpc) is 2.41. The number of ether oxygens (including phenoxy) is 1. The van der Waals surface area contributed by atoms with Gasteiger partial charge in [0.05, 0.1) is 23.9 Å². The molecule has 1 heterocycles. The molecule has 1 atom stereocenters. The van der Waals surface area contributed by atoms with E-state index in [0.717, 1.165) is 22.6 Å². The molecule has 2 N–H and O–H groups in total. The largest absolute Gasteiger partial charge is 0.496 e. The van der Waals surface area contributed by atoms with E-state index in [2.05, 4.69) is 4.98 Å². The van der Waals surface area contributed by atoms with Gasteiger partial charge in [0, 0.05) is 11.8 Å². The molecule has 2 rings (SSSR count). The molecule has 0 fully saturated rings. The Hall–Kier alpha value is -1.58. The van der Waals surface area contributed by atoms with Crippen LogP contribution in [-0.4, -0.2) is 12.1 Å². The average molecular weight is 277 g/mol. The molecule has 0 spiro atoms. The molecular weight excluding hydrogens is 260 g/mol. The first kappa shape index (κ1) is 13.8. The number of aromatic nitrogens is 1. The normalized spacial score (nSPS) is 12.3. The predicted octanol–water partition coefficient (Wildman–Crippen LogP) is 3.41. The third-order valence-corrected chi connectivity index (χ3v) is 3.54. The molecule has 19 heavy (non-hydrogen) atoms. The van der Waals surface area contributed by atoms with Crippen molar-refractivity contribution >= 4 is 11.6 Å². The highest BCUT2D eigenvalue weighted by Crippen LogP contribution is 2.32. The Kier molecular flexibility index (Phi) is 4.08. The van der Waals surface area contributed by atoms with E-state index >= 15 is 0 Å². The summed E-state index contributed by atoms with van der Waals surface area (Å²) >= 11 is 5.84. The van der Waals surface area contributed by atoms with E-state index in [1.165, 1.54) is 5.56 Å². The van der Waals surface area contributed by atoms with E-state index in [0.29, 0.717) is 5.02 Å². The fourth-order valence-corrected chi connectivity index (χ4v) is 2.17. The van der Waals surface area contributed by atoms with Crippen molar-refractivity contribution in [1.29, 1.82) is 0 Å². The summed E-state index contributed by atoms with van der Waals surface area (Å²) < 4.78 is 5.49. The van der Waals surface area contributed by atoms with Gasteiger partial charge in [-0.25, -0.2) is 0 Å². The lowest BCUT2D eigenvalue weighted by atomic mass is 9.97. The van der Waals surface area contributed by atoms with Crippen molar-refractivity contribution in [3.8, 4) is 5.75 Å². The highest BCUT2D eigenvalue weighted by molar-refractivity contribution is 6.30. The lowest BCUT2D eigenvalue weighted by Gasteiger charge is -2.18. The zero-order valence-corrected chi connectivity index (χ0v) is 12.0. The molecule has 0 saturated heterocycles. The number of aryl methyl sites for hydroxylation is 1. The monoisotopic (exact) mass is 276 g/mol. The molecule has 0 saturated carbocycles. The third kappa shape index (κ3) is 2.72. The molecule has 1 unspecified atom stereocenters. The number of halogens is 1. The molecule has 0 aliphatic rings. The van der Waals surface area contributed by atoms with Crippen LogP contribution < -0.4 is 10.5 Å². The Labute approximate surface area is 118 Å². The molecule has 0 radical (unpaired) electrons. The van der Waals surface area contributed by atoms with E-state index in [9.17, 15) is 0 Å². The predicted molar refractivity (Wildman–Crippen MR) is 77.7 cm³/mol. The zero-order valence-electron chi connectivity index (χ0n) is 11.3. The Balaban J connectivity index is 2.46. The maximum Gasteiger partial charge on any atom is 0.127 e. The van der Waals surface area contributed by atoms with E-state index < -0.39 is 0 Å². The number of methoxy groups -OCH3 is 1. The molecular formula is C15H17ClN2O. The molecule has 3 nitrogen and oxygen atoms in total. The van der Waals surface area contributed by atoms with Crippen LogP contribution in [-0.2, 0) is 0 Å². The van der Waals surface area contributed by atoms with Crippen molar-refractivity contribution < 1.29 is 4.74 Å². The minimum absolute atomic E-state index is 0.327. The van der Waals surface area contributed by atoms with Gasteiger partial charge in [0.25, 0.3) is 0 Å². The maximum absolute atomic E-state index is 6.28. The van der Waals surface area contributed by atoms with Crippen molar-refractivity contribution in [1.82, 2.24) is 4.98 Å². The van der Waals surface area contributed by atoms with Gasteiger partial charge >= 0.3 is 0 Å². The Morgan fingerprint density at radius 2 is 1.95 bits per heavy atom. The van der Waals surface area contributed by atoms with E-state index in [1.807, 2.05) is 32.0 Å². The van der Waals surface area contributed by atoms with Gasteiger partial charge in [-0.1, -0.05) is 23.7 Å². The van der Waals surface area contributed by atoms with Crippen LogP contribution in [0.1, 0.15) is 28.4 Å². The molecule has 4 heteroatoms. The van der Waals surface area contributed by atoms with Crippen LogP contribution in [0.5, 0.6) is 5.75 Å². The molecule has 1 aromatic heterocycles. The lowest BCUT2D eigenvalue weighted by Crippen LogP contribution is -2.15. The number of hydrogen-bond acceptors (Lipinski definition) is 3. The number of nitrogens with two attached hydrogens (primary N) is 1. The number of benzene rings is 1. The molecule has 0 bridgehead atoms. The Morgan fingerprint density at radius 1 is 1.21 bits per heavy atom. The quantitative estimate of drug-likeness (QED) is 0.935. The second-order valence-corrected chi connectivity index (χ2v) is 4.95. The molecule has 0 amide bonds. The molecule has 2 aromatic rings. The molecule has 0 aliphatic heterocycles. The van der Waals surface area contributed by atoms with Gasteiger partial charge in [-0.2, -0.15) is 0 Å². The minimum Gasteiger partial charge on any atom is -0.496 e. The first-order chi connectivity index (χ1) is 9.04. The van der Waals surface area contributed by atoms with Crippen LogP contribution in [0.2, 0.25) is 5.02 Å². The number of rotatable bonds is 3. The van der Waals surface area contributed by atoms with Gasteiger partial charge in [0.15, 0.2) is 0 Å². The summed E-state index contributed by atoms with van der Waals surface area (Å²) in [6, 6.07) is 7.33. The van der Waals surface area contributed by atoms with Crippen LogP contribution in [0.25, 0.3) is 0 Å². The van der Waals surface area contributed by atoms with Crippen molar-refractivity contribution in [2.75, 3.05) is 7.11 Å². The smallest absolute Gasteiger partial charge is 0.127 e. The van der Waals surface area contributed by atoms with E-state index in [-0.39, 0.29) is 6.04 Å². The number of pyridine rings is 1. The summed E-state index contributed by atoms with van der Waals surface area (Å²) in [6.07, 6.45) is 1.60.